The van der Waals surface area contributed by atoms with Gasteiger partial charge in [-0.15, -0.1) is 0 Å². The molecular weight excluding hydrogens is 266 g/mol. The Morgan fingerprint density at radius 2 is 1.67 bits per heavy atom. The van der Waals surface area contributed by atoms with Crippen molar-refractivity contribution in [2.24, 2.45) is 0 Å². The molecule has 2 N–H and O–H groups in total. The molecule has 1 unspecified atom stereocenters. The van der Waals surface area contributed by atoms with Crippen molar-refractivity contribution < 1.29 is 14.6 Å². The summed E-state index contributed by atoms with van der Waals surface area (Å²) >= 11 is 0. The summed E-state index contributed by atoms with van der Waals surface area (Å²) in [5.41, 5.74) is 3.74. The van der Waals surface area contributed by atoms with Crippen LogP contribution in [0.1, 0.15) is 31.9 Å². The van der Waals surface area contributed by atoms with Crippen LogP contribution in [0, 0.1) is 0 Å². The predicted octanol–water partition coefficient (Wildman–Crippen LogP) is 2.64. The second kappa shape index (κ2) is 10.6. The number of aliphatic hydroxyl groups is 1. The van der Waals surface area contributed by atoms with E-state index < -0.39 is 6.10 Å². The zero-order valence-corrected chi connectivity index (χ0v) is 13.5. The largest absolute Gasteiger partial charge is 0.389 e. The highest BCUT2D eigenvalue weighted by Crippen LogP contribution is 2.22. The molecule has 0 aliphatic carbocycles. The van der Waals surface area contributed by atoms with Gasteiger partial charge in [0.2, 0.25) is 0 Å². The van der Waals surface area contributed by atoms with Crippen molar-refractivity contribution in [1.29, 1.82) is 0 Å². The standard InChI is InChI=1S/C17H29NO3/c1-4-14-8-7-9-15(5-2)17(14)18-12-16(19)13-21-11-10-20-6-3/h7-9,16,18-19H,4-6,10-13H2,1-3H3. The number of nitrogens with one attached hydrogen (secondary N) is 1. The van der Waals surface area contributed by atoms with Crippen molar-refractivity contribution in [3.63, 3.8) is 0 Å². The summed E-state index contributed by atoms with van der Waals surface area (Å²) in [5, 5.41) is 13.3. The number of hydrogen-bond acceptors (Lipinski definition) is 4. The van der Waals surface area contributed by atoms with Crippen molar-refractivity contribution in [2.75, 3.05) is 38.3 Å². The van der Waals surface area contributed by atoms with Crippen LogP contribution in [0.3, 0.4) is 0 Å². The van der Waals surface area contributed by atoms with Gasteiger partial charge in [-0.1, -0.05) is 32.0 Å². The number of aliphatic hydroxyl groups excluding tert-OH is 1. The minimum Gasteiger partial charge on any atom is -0.389 e. The third-order valence-corrected chi connectivity index (χ3v) is 3.40. The fraction of sp³-hybridized carbons (Fsp3) is 0.647. The monoisotopic (exact) mass is 295 g/mol. The highest BCUT2D eigenvalue weighted by atomic mass is 16.5. The van der Waals surface area contributed by atoms with Gasteiger partial charge in [-0.25, -0.2) is 0 Å². The highest BCUT2D eigenvalue weighted by Gasteiger charge is 2.09. The van der Waals surface area contributed by atoms with Gasteiger partial charge >= 0.3 is 0 Å². The molecule has 0 saturated carbocycles. The van der Waals surface area contributed by atoms with Gasteiger partial charge in [-0.3, -0.25) is 0 Å². The lowest BCUT2D eigenvalue weighted by molar-refractivity contribution is 0.0103. The van der Waals surface area contributed by atoms with Gasteiger partial charge in [0.1, 0.15) is 0 Å². The van der Waals surface area contributed by atoms with Crippen molar-refractivity contribution in [1.82, 2.24) is 0 Å². The first-order chi connectivity index (χ1) is 10.2. The molecule has 0 fully saturated rings. The van der Waals surface area contributed by atoms with Gasteiger partial charge in [0.05, 0.1) is 25.9 Å². The van der Waals surface area contributed by atoms with E-state index in [2.05, 4.69) is 37.4 Å². The number of ether oxygens (including phenoxy) is 2. The van der Waals surface area contributed by atoms with Gasteiger partial charge < -0.3 is 19.9 Å². The first kappa shape index (κ1) is 18.0. The Morgan fingerprint density at radius 1 is 1.05 bits per heavy atom. The maximum atomic E-state index is 9.97. The molecule has 4 heteroatoms. The average molecular weight is 295 g/mol. The van der Waals surface area contributed by atoms with Gasteiger partial charge in [-0.2, -0.15) is 0 Å². The third kappa shape index (κ3) is 6.46. The van der Waals surface area contributed by atoms with Crippen LogP contribution in [0.5, 0.6) is 0 Å². The maximum absolute atomic E-state index is 9.97. The first-order valence-corrected chi connectivity index (χ1v) is 7.91. The minimum atomic E-state index is -0.513. The second-order valence-electron chi connectivity index (χ2n) is 4.96. The third-order valence-electron chi connectivity index (χ3n) is 3.40. The molecule has 4 nitrogen and oxygen atoms in total. The Morgan fingerprint density at radius 3 is 2.24 bits per heavy atom. The lowest BCUT2D eigenvalue weighted by Gasteiger charge is -2.18. The van der Waals surface area contributed by atoms with Crippen LogP contribution in [0.25, 0.3) is 0 Å². The van der Waals surface area contributed by atoms with Crippen LogP contribution in [0.4, 0.5) is 5.69 Å². The van der Waals surface area contributed by atoms with E-state index in [0.717, 1.165) is 18.5 Å². The average Bonchev–Trinajstić information content (AvgIpc) is 2.52. The van der Waals surface area contributed by atoms with Crippen molar-refractivity contribution in [2.45, 2.75) is 39.7 Å². The first-order valence-electron chi connectivity index (χ1n) is 7.91. The number of aryl methyl sites for hydroxylation is 2. The van der Waals surface area contributed by atoms with E-state index in [4.69, 9.17) is 9.47 Å². The zero-order chi connectivity index (χ0) is 15.5. The van der Waals surface area contributed by atoms with E-state index in [0.29, 0.717) is 33.0 Å². The smallest absolute Gasteiger partial charge is 0.0945 e. The molecule has 21 heavy (non-hydrogen) atoms. The number of hydrogen-bond donors (Lipinski definition) is 2. The topological polar surface area (TPSA) is 50.7 Å². The van der Waals surface area contributed by atoms with Gasteiger partial charge in [0.15, 0.2) is 0 Å². The molecule has 0 bridgehead atoms. The molecule has 1 atom stereocenters. The molecule has 0 aliphatic rings. The lowest BCUT2D eigenvalue weighted by atomic mass is 10.0. The molecule has 0 saturated heterocycles. The van der Waals surface area contributed by atoms with E-state index in [9.17, 15) is 5.11 Å². The molecule has 0 aliphatic heterocycles. The highest BCUT2D eigenvalue weighted by molar-refractivity contribution is 5.57. The zero-order valence-electron chi connectivity index (χ0n) is 13.5. The molecule has 1 aromatic carbocycles. The van der Waals surface area contributed by atoms with E-state index >= 15 is 0 Å². The van der Waals surface area contributed by atoms with E-state index in [1.165, 1.54) is 11.1 Å². The summed E-state index contributed by atoms with van der Waals surface area (Å²) in [7, 11) is 0. The molecule has 0 aromatic heterocycles. The van der Waals surface area contributed by atoms with Crippen LogP contribution in [0.15, 0.2) is 18.2 Å². The van der Waals surface area contributed by atoms with Crippen LogP contribution in [-0.4, -0.2) is 44.2 Å². The predicted molar refractivity (Wildman–Crippen MR) is 87.0 cm³/mol. The van der Waals surface area contributed by atoms with Crippen LogP contribution < -0.4 is 5.32 Å². The van der Waals surface area contributed by atoms with Gasteiger partial charge in [-0.05, 0) is 30.9 Å². The number of benzene rings is 1. The quantitative estimate of drug-likeness (QED) is 0.616. The Kier molecular flexibility index (Phi) is 9.06. The lowest BCUT2D eigenvalue weighted by Crippen LogP contribution is -2.26. The summed E-state index contributed by atoms with van der Waals surface area (Å²) in [6.07, 6.45) is 1.45. The molecular formula is C17H29NO3. The van der Waals surface area contributed by atoms with Crippen molar-refractivity contribution in [3.05, 3.63) is 29.3 Å². The molecule has 0 heterocycles. The molecule has 0 spiro atoms. The molecule has 1 aromatic rings. The number of para-hydroxylation sites is 1. The van der Waals surface area contributed by atoms with Gasteiger partial charge in [0, 0.05) is 18.8 Å². The normalized spacial score (nSPS) is 12.4. The Hall–Kier alpha value is -1.10. The second-order valence-corrected chi connectivity index (χ2v) is 4.96. The van der Waals surface area contributed by atoms with E-state index in [1.807, 2.05) is 6.92 Å². The Labute approximate surface area is 128 Å². The minimum absolute atomic E-state index is 0.329. The van der Waals surface area contributed by atoms with E-state index in [1.54, 1.807) is 0 Å². The maximum Gasteiger partial charge on any atom is 0.0945 e. The summed E-state index contributed by atoms with van der Waals surface area (Å²) in [6, 6.07) is 6.36. The van der Waals surface area contributed by atoms with Gasteiger partial charge in [0.25, 0.3) is 0 Å². The molecule has 0 radical (unpaired) electrons. The van der Waals surface area contributed by atoms with Crippen molar-refractivity contribution >= 4 is 5.69 Å². The van der Waals surface area contributed by atoms with Crippen LogP contribution in [-0.2, 0) is 22.3 Å². The Bertz CT molecular complexity index is 373. The SMILES string of the molecule is CCOCCOCC(O)CNc1c(CC)cccc1CC. The molecule has 1 rings (SSSR count). The Balaban J connectivity index is 2.40. The molecule has 120 valence electrons. The van der Waals surface area contributed by atoms with Crippen LogP contribution >= 0.6 is 0 Å². The van der Waals surface area contributed by atoms with E-state index in [-0.39, 0.29) is 0 Å². The number of rotatable bonds is 11. The fourth-order valence-corrected chi connectivity index (χ4v) is 2.23. The van der Waals surface area contributed by atoms with Crippen LogP contribution in [0.2, 0.25) is 0 Å². The number of anilines is 1. The summed E-state index contributed by atoms with van der Waals surface area (Å²) in [5.74, 6) is 0. The molecule has 0 amide bonds. The summed E-state index contributed by atoms with van der Waals surface area (Å²) < 4.78 is 10.6. The summed E-state index contributed by atoms with van der Waals surface area (Å²) in [4.78, 5) is 0. The fourth-order valence-electron chi connectivity index (χ4n) is 2.23. The summed E-state index contributed by atoms with van der Waals surface area (Å²) in [6.45, 7) is 8.87. The van der Waals surface area contributed by atoms with Crippen molar-refractivity contribution in [3.8, 4) is 0 Å².